The van der Waals surface area contributed by atoms with E-state index in [1.165, 1.54) is 18.2 Å². The molecule has 9 heteroatoms. The molecule has 0 radical (unpaired) electrons. The van der Waals surface area contributed by atoms with E-state index in [4.69, 9.17) is 9.47 Å². The number of hydrogen-bond donors (Lipinski definition) is 1. The smallest absolute Gasteiger partial charge is 0.241 e. The van der Waals surface area contributed by atoms with Gasteiger partial charge in [-0.3, -0.25) is 0 Å². The van der Waals surface area contributed by atoms with Crippen molar-refractivity contribution in [3.05, 3.63) is 18.2 Å². The van der Waals surface area contributed by atoms with Gasteiger partial charge < -0.3 is 9.47 Å². The van der Waals surface area contributed by atoms with Crippen LogP contribution in [0.15, 0.2) is 23.1 Å². The number of sulfone groups is 1. The van der Waals surface area contributed by atoms with Gasteiger partial charge in [0.1, 0.15) is 0 Å². The van der Waals surface area contributed by atoms with Crippen molar-refractivity contribution in [2.24, 2.45) is 0 Å². The highest BCUT2D eigenvalue weighted by Gasteiger charge is 2.41. The number of ether oxygens (including phenoxy) is 2. The van der Waals surface area contributed by atoms with Crippen LogP contribution in [0.2, 0.25) is 0 Å². The molecule has 0 amide bonds. The first-order valence-electron chi connectivity index (χ1n) is 7.75. The van der Waals surface area contributed by atoms with Crippen LogP contribution < -0.4 is 14.2 Å². The number of hydrogen-bond acceptors (Lipinski definition) is 6. The van der Waals surface area contributed by atoms with Crippen molar-refractivity contribution in [2.45, 2.75) is 37.6 Å². The summed E-state index contributed by atoms with van der Waals surface area (Å²) >= 11 is 0. The van der Waals surface area contributed by atoms with Gasteiger partial charge in [0.05, 0.1) is 29.6 Å². The number of rotatable bonds is 7. The highest BCUT2D eigenvalue weighted by Crippen LogP contribution is 2.31. The van der Waals surface area contributed by atoms with E-state index in [0.717, 1.165) is 0 Å². The van der Waals surface area contributed by atoms with Gasteiger partial charge in [-0.25, -0.2) is 21.6 Å². The number of sulfonamides is 1. The molecular weight excluding hydrogens is 354 g/mol. The molecule has 1 atom stereocenters. The lowest BCUT2D eigenvalue weighted by molar-refractivity contribution is 0.287. The first kappa shape index (κ1) is 19.0. The zero-order valence-corrected chi connectivity index (χ0v) is 15.7. The summed E-state index contributed by atoms with van der Waals surface area (Å²) in [6.45, 7) is 6.02. The Morgan fingerprint density at radius 2 is 1.79 bits per heavy atom. The number of benzene rings is 1. The summed E-state index contributed by atoms with van der Waals surface area (Å²) < 4.78 is 61.9. The molecule has 1 saturated heterocycles. The zero-order chi connectivity index (χ0) is 18.0. The molecule has 1 aromatic rings. The van der Waals surface area contributed by atoms with Crippen LogP contribution in [0.25, 0.3) is 0 Å². The first-order chi connectivity index (χ1) is 11.1. The second-order valence-corrected chi connectivity index (χ2v) is 9.85. The van der Waals surface area contributed by atoms with Crippen LogP contribution in [0, 0.1) is 0 Å². The van der Waals surface area contributed by atoms with Crippen LogP contribution in [0.1, 0.15) is 27.2 Å². The molecule has 24 heavy (non-hydrogen) atoms. The molecule has 1 aromatic carbocycles. The summed E-state index contributed by atoms with van der Waals surface area (Å²) in [5, 5.41) is 0. The Morgan fingerprint density at radius 1 is 1.17 bits per heavy atom. The first-order valence-corrected chi connectivity index (χ1v) is 11.1. The van der Waals surface area contributed by atoms with Gasteiger partial charge in [0.15, 0.2) is 21.3 Å². The quantitative estimate of drug-likeness (QED) is 0.770. The SMILES string of the molecule is CCOc1ccc(S(=O)(=O)NC2(C)CCS(=O)(=O)C2)cc1OCC. The molecule has 1 heterocycles. The van der Waals surface area contributed by atoms with Crippen molar-refractivity contribution in [1.82, 2.24) is 4.72 Å². The number of nitrogens with one attached hydrogen (secondary N) is 1. The van der Waals surface area contributed by atoms with Gasteiger partial charge >= 0.3 is 0 Å². The maximum atomic E-state index is 12.6. The second kappa shape index (κ2) is 6.89. The van der Waals surface area contributed by atoms with Crippen LogP contribution >= 0.6 is 0 Å². The molecule has 0 aliphatic carbocycles. The Balaban J connectivity index is 2.30. The van der Waals surface area contributed by atoms with Gasteiger partial charge in [-0.05, 0) is 39.3 Å². The Hall–Kier alpha value is -1.32. The minimum Gasteiger partial charge on any atom is -0.490 e. The lowest BCUT2D eigenvalue weighted by atomic mass is 10.0. The summed E-state index contributed by atoms with van der Waals surface area (Å²) in [5.41, 5.74) is -0.998. The molecule has 0 saturated carbocycles. The van der Waals surface area contributed by atoms with Gasteiger partial charge in [0.2, 0.25) is 10.0 Å². The molecule has 136 valence electrons. The summed E-state index contributed by atoms with van der Waals surface area (Å²) in [4.78, 5) is 0.0138. The largest absolute Gasteiger partial charge is 0.490 e. The van der Waals surface area contributed by atoms with Crippen molar-refractivity contribution in [2.75, 3.05) is 24.7 Å². The summed E-state index contributed by atoms with van der Waals surface area (Å²) in [5.74, 6) is 0.591. The van der Waals surface area contributed by atoms with Crippen molar-refractivity contribution in [3.63, 3.8) is 0 Å². The van der Waals surface area contributed by atoms with Gasteiger partial charge in [-0.1, -0.05) is 0 Å². The molecule has 1 N–H and O–H groups in total. The summed E-state index contributed by atoms with van der Waals surface area (Å²) in [6, 6.07) is 4.35. The normalized spacial score (nSPS) is 23.1. The van der Waals surface area contributed by atoms with E-state index in [1.54, 1.807) is 13.8 Å². The molecule has 0 bridgehead atoms. The third-order valence-corrected chi connectivity index (χ3v) is 7.25. The lowest BCUT2D eigenvalue weighted by Crippen LogP contribution is -2.46. The Morgan fingerprint density at radius 3 is 2.33 bits per heavy atom. The molecule has 1 unspecified atom stereocenters. The van der Waals surface area contributed by atoms with Crippen LogP contribution in [0.5, 0.6) is 11.5 Å². The molecule has 1 aliphatic rings. The van der Waals surface area contributed by atoms with E-state index in [2.05, 4.69) is 4.72 Å². The average Bonchev–Trinajstić information content (AvgIpc) is 2.73. The van der Waals surface area contributed by atoms with Gasteiger partial charge in [-0.15, -0.1) is 0 Å². The monoisotopic (exact) mass is 377 g/mol. The predicted molar refractivity (Wildman–Crippen MR) is 90.8 cm³/mol. The molecule has 1 fully saturated rings. The van der Waals surface area contributed by atoms with Crippen molar-refractivity contribution in [1.29, 1.82) is 0 Å². The van der Waals surface area contributed by atoms with Crippen LogP contribution in [0.3, 0.4) is 0 Å². The minimum atomic E-state index is -3.87. The Labute approximate surface area is 143 Å². The highest BCUT2D eigenvalue weighted by molar-refractivity contribution is 7.92. The molecular formula is C15H23NO6S2. The average molecular weight is 377 g/mol. The van der Waals surface area contributed by atoms with E-state index in [0.29, 0.717) is 24.7 Å². The summed E-state index contributed by atoms with van der Waals surface area (Å²) in [6.07, 6.45) is 0.254. The van der Waals surface area contributed by atoms with E-state index >= 15 is 0 Å². The lowest BCUT2D eigenvalue weighted by Gasteiger charge is -2.24. The van der Waals surface area contributed by atoms with Gasteiger partial charge in [-0.2, -0.15) is 0 Å². The van der Waals surface area contributed by atoms with Gasteiger partial charge in [0.25, 0.3) is 0 Å². The van der Waals surface area contributed by atoms with Gasteiger partial charge in [0, 0.05) is 11.6 Å². The zero-order valence-electron chi connectivity index (χ0n) is 14.0. The minimum absolute atomic E-state index is 0.0138. The molecule has 1 aliphatic heterocycles. The third kappa shape index (κ3) is 4.40. The van der Waals surface area contributed by atoms with E-state index in [9.17, 15) is 16.8 Å². The Kier molecular flexibility index (Phi) is 5.46. The molecule has 7 nitrogen and oxygen atoms in total. The second-order valence-electron chi connectivity index (χ2n) is 5.98. The predicted octanol–water partition coefficient (Wildman–Crippen LogP) is 1.34. The fraction of sp³-hybridized carbons (Fsp3) is 0.600. The summed E-state index contributed by atoms with van der Waals surface area (Å²) in [7, 11) is -7.09. The van der Waals surface area contributed by atoms with Crippen LogP contribution in [-0.4, -0.2) is 47.1 Å². The Bertz CT molecular complexity index is 803. The maximum absolute atomic E-state index is 12.6. The van der Waals surface area contributed by atoms with Crippen LogP contribution in [-0.2, 0) is 19.9 Å². The fourth-order valence-corrected chi connectivity index (χ4v) is 6.31. The maximum Gasteiger partial charge on any atom is 0.241 e. The third-order valence-electron chi connectivity index (χ3n) is 3.71. The van der Waals surface area contributed by atoms with Crippen LogP contribution in [0.4, 0.5) is 0 Å². The van der Waals surface area contributed by atoms with Crippen molar-refractivity contribution in [3.8, 4) is 11.5 Å². The van der Waals surface area contributed by atoms with E-state index in [-0.39, 0.29) is 22.8 Å². The molecule has 2 rings (SSSR count). The van der Waals surface area contributed by atoms with Crippen molar-refractivity contribution < 1.29 is 26.3 Å². The topological polar surface area (TPSA) is 98.8 Å². The fourth-order valence-electron chi connectivity index (χ4n) is 2.67. The highest BCUT2D eigenvalue weighted by atomic mass is 32.2. The molecule has 0 aromatic heterocycles. The molecule has 0 spiro atoms. The van der Waals surface area contributed by atoms with E-state index < -0.39 is 25.4 Å². The standard InChI is InChI=1S/C15H23NO6S2/c1-4-21-13-7-6-12(10-14(13)22-5-2)24(19,20)16-15(3)8-9-23(17,18)11-15/h6-7,10,16H,4-5,8-9,11H2,1-3H3. The van der Waals surface area contributed by atoms with Crippen molar-refractivity contribution >= 4 is 19.9 Å². The van der Waals surface area contributed by atoms with E-state index in [1.807, 2.05) is 6.92 Å².